The van der Waals surface area contributed by atoms with Gasteiger partial charge >= 0.3 is 0 Å². The van der Waals surface area contributed by atoms with Crippen molar-refractivity contribution in [3.05, 3.63) is 74.4 Å². The molecule has 10 heteroatoms. The maximum absolute atomic E-state index is 14.1. The third-order valence-electron chi connectivity index (χ3n) is 5.93. The monoisotopic (exact) mass is 517 g/mol. The summed E-state index contributed by atoms with van der Waals surface area (Å²) in [4.78, 5) is 31.6. The third-order valence-corrected chi connectivity index (χ3v) is 7.25. The van der Waals surface area contributed by atoms with Gasteiger partial charge in [0.25, 0.3) is 11.8 Å². The molecular formula is C25H25ClFN3O4S. The molecule has 0 aliphatic carbocycles. The van der Waals surface area contributed by atoms with E-state index in [1.807, 2.05) is 12.1 Å². The minimum Gasteiger partial charge on any atom is -0.497 e. The van der Waals surface area contributed by atoms with Crippen LogP contribution < -0.4 is 14.8 Å². The number of hydrogen-bond donors (Lipinski definition) is 1. The summed E-state index contributed by atoms with van der Waals surface area (Å²) in [6, 6.07) is 9.65. The Morgan fingerprint density at radius 2 is 1.86 bits per heavy atom. The number of carbonyl (C=O) groups is 2. The molecule has 7 nitrogen and oxygen atoms in total. The van der Waals surface area contributed by atoms with Gasteiger partial charge < -0.3 is 19.7 Å². The van der Waals surface area contributed by atoms with Crippen LogP contribution in [0.2, 0.25) is 5.02 Å². The Kier molecular flexibility index (Phi) is 7.87. The molecule has 0 saturated carbocycles. The van der Waals surface area contributed by atoms with Gasteiger partial charge in [-0.25, -0.2) is 9.37 Å². The van der Waals surface area contributed by atoms with Crippen molar-refractivity contribution >= 4 is 34.8 Å². The summed E-state index contributed by atoms with van der Waals surface area (Å²) in [5.41, 5.74) is 1.11. The summed E-state index contributed by atoms with van der Waals surface area (Å²) >= 11 is 7.48. The summed E-state index contributed by atoms with van der Waals surface area (Å²) in [5.74, 6) is 0.131. The van der Waals surface area contributed by atoms with Crippen molar-refractivity contribution in [1.29, 1.82) is 0 Å². The fourth-order valence-electron chi connectivity index (χ4n) is 4.01. The quantitative estimate of drug-likeness (QED) is 0.482. The van der Waals surface area contributed by atoms with Gasteiger partial charge in [0, 0.05) is 37.0 Å². The van der Waals surface area contributed by atoms with Crippen LogP contribution in [0.25, 0.3) is 0 Å². The van der Waals surface area contributed by atoms with Crippen molar-refractivity contribution in [2.75, 3.05) is 27.3 Å². The Balaban J connectivity index is 1.34. The fourth-order valence-corrected chi connectivity index (χ4v) is 5.23. The number of halogens is 2. The number of hydrogen-bond acceptors (Lipinski definition) is 6. The van der Waals surface area contributed by atoms with Crippen LogP contribution in [0.4, 0.5) is 4.39 Å². The second-order valence-corrected chi connectivity index (χ2v) is 9.43. The van der Waals surface area contributed by atoms with Gasteiger partial charge in [0.15, 0.2) is 0 Å². The number of likely N-dealkylation sites (tertiary alicyclic amines) is 1. The number of nitrogens with zero attached hydrogens (tertiary/aromatic N) is 2. The molecular weight excluding hydrogens is 493 g/mol. The number of ether oxygens (including phenoxy) is 2. The number of amides is 2. The second-order valence-electron chi connectivity index (χ2n) is 8.14. The SMILES string of the molecule is COc1cc(CNC(=O)c2csc(C3CCN(C(=O)c4c(F)cccc4Cl)CC3)n2)cc(OC)c1. The number of rotatable bonds is 7. The lowest BCUT2D eigenvalue weighted by atomic mass is 9.97. The van der Waals surface area contributed by atoms with Gasteiger partial charge in [-0.1, -0.05) is 17.7 Å². The summed E-state index contributed by atoms with van der Waals surface area (Å²) in [6.45, 7) is 1.23. The Morgan fingerprint density at radius 1 is 1.17 bits per heavy atom. The predicted octanol–water partition coefficient (Wildman–Crippen LogP) is 4.90. The van der Waals surface area contributed by atoms with Crippen LogP contribution >= 0.6 is 22.9 Å². The van der Waals surface area contributed by atoms with Gasteiger partial charge in [0.1, 0.15) is 23.0 Å². The minimum absolute atomic E-state index is 0.0884. The van der Waals surface area contributed by atoms with Gasteiger partial charge in [0.05, 0.1) is 29.8 Å². The molecule has 1 aliphatic rings. The molecule has 0 spiro atoms. The van der Waals surface area contributed by atoms with Crippen LogP contribution in [0.1, 0.15) is 50.2 Å². The number of thiazole rings is 1. The van der Waals surface area contributed by atoms with Crippen molar-refractivity contribution in [2.24, 2.45) is 0 Å². The smallest absolute Gasteiger partial charge is 0.271 e. The lowest BCUT2D eigenvalue weighted by molar-refractivity contribution is 0.0708. The molecule has 2 heterocycles. The number of piperidine rings is 1. The normalized spacial score (nSPS) is 14.0. The molecule has 3 aromatic rings. The fraction of sp³-hybridized carbons (Fsp3) is 0.320. The van der Waals surface area contributed by atoms with Crippen LogP contribution in [-0.2, 0) is 6.54 Å². The maximum atomic E-state index is 14.1. The van der Waals surface area contributed by atoms with Crippen LogP contribution in [0.3, 0.4) is 0 Å². The van der Waals surface area contributed by atoms with Crippen molar-refractivity contribution in [3.8, 4) is 11.5 Å². The predicted molar refractivity (Wildman–Crippen MR) is 132 cm³/mol. The zero-order valence-corrected chi connectivity index (χ0v) is 20.9. The Bertz CT molecular complexity index is 1180. The lowest BCUT2D eigenvalue weighted by Crippen LogP contribution is -2.38. The Hall–Kier alpha value is -3.17. The molecule has 184 valence electrons. The molecule has 35 heavy (non-hydrogen) atoms. The number of methoxy groups -OCH3 is 2. The van der Waals surface area contributed by atoms with Crippen LogP contribution in [0, 0.1) is 5.82 Å². The molecule has 1 aliphatic heterocycles. The van der Waals surface area contributed by atoms with Gasteiger partial charge in [-0.2, -0.15) is 0 Å². The van der Waals surface area contributed by atoms with E-state index < -0.39 is 11.7 Å². The first-order valence-electron chi connectivity index (χ1n) is 11.1. The average molecular weight is 518 g/mol. The molecule has 0 atom stereocenters. The average Bonchev–Trinajstić information content (AvgIpc) is 3.37. The van der Waals surface area contributed by atoms with Crippen LogP contribution in [-0.4, -0.2) is 49.0 Å². The van der Waals surface area contributed by atoms with Gasteiger partial charge in [-0.15, -0.1) is 11.3 Å². The van der Waals surface area contributed by atoms with Crippen molar-refractivity contribution in [1.82, 2.24) is 15.2 Å². The highest BCUT2D eigenvalue weighted by Crippen LogP contribution is 2.32. The summed E-state index contributed by atoms with van der Waals surface area (Å²) in [6.07, 6.45) is 1.35. The molecule has 1 fully saturated rings. The van der Waals surface area contributed by atoms with Crippen molar-refractivity contribution < 1.29 is 23.5 Å². The van der Waals surface area contributed by atoms with E-state index in [9.17, 15) is 14.0 Å². The standard InChI is InChI=1S/C25H25ClFN3O4S/c1-33-17-10-15(11-18(12-17)34-2)13-28-23(31)21-14-35-24(29-21)16-6-8-30(9-7-16)25(32)22-19(26)4-3-5-20(22)27/h3-5,10-12,14,16H,6-9,13H2,1-2H3,(H,28,31). The van der Waals surface area contributed by atoms with Crippen molar-refractivity contribution in [3.63, 3.8) is 0 Å². The van der Waals surface area contributed by atoms with E-state index in [2.05, 4.69) is 10.3 Å². The molecule has 2 aromatic carbocycles. The molecule has 1 saturated heterocycles. The summed E-state index contributed by atoms with van der Waals surface area (Å²) in [5, 5.41) is 5.59. The van der Waals surface area contributed by atoms with E-state index in [-0.39, 0.29) is 22.4 Å². The van der Waals surface area contributed by atoms with E-state index in [1.165, 1.54) is 29.5 Å². The van der Waals surface area contributed by atoms with Gasteiger partial charge in [-0.3, -0.25) is 9.59 Å². The topological polar surface area (TPSA) is 80.8 Å². The van der Waals surface area contributed by atoms with E-state index in [4.69, 9.17) is 21.1 Å². The first-order valence-corrected chi connectivity index (χ1v) is 12.3. The number of nitrogens with one attached hydrogen (secondary N) is 1. The minimum atomic E-state index is -0.618. The van der Waals surface area contributed by atoms with E-state index in [1.54, 1.807) is 30.6 Å². The zero-order chi connectivity index (χ0) is 24.9. The largest absolute Gasteiger partial charge is 0.497 e. The number of carbonyl (C=O) groups excluding carboxylic acids is 2. The molecule has 0 bridgehead atoms. The van der Waals surface area contributed by atoms with E-state index in [0.717, 1.165) is 10.6 Å². The first kappa shape index (κ1) is 24.9. The first-order chi connectivity index (χ1) is 16.9. The van der Waals surface area contributed by atoms with Gasteiger partial charge in [0.2, 0.25) is 0 Å². The second kappa shape index (κ2) is 11.0. The molecule has 2 amide bonds. The molecule has 1 aromatic heterocycles. The van der Waals surface area contributed by atoms with Crippen LogP contribution in [0.15, 0.2) is 41.8 Å². The zero-order valence-electron chi connectivity index (χ0n) is 19.3. The van der Waals surface area contributed by atoms with Crippen molar-refractivity contribution in [2.45, 2.75) is 25.3 Å². The van der Waals surface area contributed by atoms with E-state index >= 15 is 0 Å². The Labute approximate surface area is 211 Å². The summed E-state index contributed by atoms with van der Waals surface area (Å²) in [7, 11) is 3.15. The molecule has 1 N–H and O–H groups in total. The highest BCUT2D eigenvalue weighted by molar-refractivity contribution is 7.09. The molecule has 0 unspecified atom stereocenters. The highest BCUT2D eigenvalue weighted by Gasteiger charge is 2.29. The van der Waals surface area contributed by atoms with Crippen LogP contribution in [0.5, 0.6) is 11.5 Å². The maximum Gasteiger partial charge on any atom is 0.271 e. The third kappa shape index (κ3) is 5.74. The summed E-state index contributed by atoms with van der Waals surface area (Å²) < 4.78 is 24.7. The number of benzene rings is 2. The highest BCUT2D eigenvalue weighted by atomic mass is 35.5. The Morgan fingerprint density at radius 3 is 2.49 bits per heavy atom. The molecule has 4 rings (SSSR count). The van der Waals surface area contributed by atoms with E-state index in [0.29, 0.717) is 49.7 Å². The number of aromatic nitrogens is 1. The molecule has 0 radical (unpaired) electrons. The van der Waals surface area contributed by atoms with Gasteiger partial charge in [-0.05, 0) is 42.7 Å². The lowest BCUT2D eigenvalue weighted by Gasteiger charge is -2.31.